The lowest BCUT2D eigenvalue weighted by molar-refractivity contribution is 0.281. The van der Waals surface area contributed by atoms with Gasteiger partial charge in [0.25, 0.3) is 0 Å². The van der Waals surface area contributed by atoms with E-state index in [0.29, 0.717) is 5.82 Å². The predicted octanol–water partition coefficient (Wildman–Crippen LogP) is 0.463. The van der Waals surface area contributed by atoms with E-state index in [9.17, 15) is 0 Å². The SMILES string of the molecule is Cc1nn(-c2cccnn2)cc1CO. The highest BCUT2D eigenvalue weighted by Crippen LogP contribution is 2.08. The van der Waals surface area contributed by atoms with E-state index < -0.39 is 0 Å². The van der Waals surface area contributed by atoms with Gasteiger partial charge >= 0.3 is 0 Å². The van der Waals surface area contributed by atoms with Crippen molar-refractivity contribution in [2.45, 2.75) is 13.5 Å². The zero-order chi connectivity index (χ0) is 9.97. The van der Waals surface area contributed by atoms with E-state index in [2.05, 4.69) is 15.3 Å². The third-order valence-corrected chi connectivity index (χ3v) is 1.96. The Morgan fingerprint density at radius 3 is 2.93 bits per heavy atom. The zero-order valence-corrected chi connectivity index (χ0v) is 7.75. The van der Waals surface area contributed by atoms with Crippen LogP contribution in [0, 0.1) is 6.92 Å². The molecule has 0 saturated heterocycles. The van der Waals surface area contributed by atoms with Crippen LogP contribution in [0.5, 0.6) is 0 Å². The standard InChI is InChI=1S/C9H10N4O/c1-7-8(6-14)5-13(12-7)9-3-2-4-10-11-9/h2-5,14H,6H2,1H3. The smallest absolute Gasteiger partial charge is 0.175 e. The van der Waals surface area contributed by atoms with Crippen LogP contribution in [-0.2, 0) is 6.61 Å². The van der Waals surface area contributed by atoms with Gasteiger partial charge in [-0.25, -0.2) is 4.68 Å². The average molecular weight is 190 g/mol. The summed E-state index contributed by atoms with van der Waals surface area (Å²) in [5, 5.41) is 20.9. The molecule has 0 radical (unpaired) electrons. The lowest BCUT2D eigenvalue weighted by atomic mass is 10.3. The van der Waals surface area contributed by atoms with Crippen LogP contribution in [0.4, 0.5) is 0 Å². The summed E-state index contributed by atoms with van der Waals surface area (Å²) in [5.41, 5.74) is 1.61. The highest BCUT2D eigenvalue weighted by atomic mass is 16.3. The number of rotatable bonds is 2. The molecule has 0 amide bonds. The molecule has 72 valence electrons. The van der Waals surface area contributed by atoms with Crippen molar-refractivity contribution in [2.75, 3.05) is 0 Å². The maximum Gasteiger partial charge on any atom is 0.175 e. The van der Waals surface area contributed by atoms with E-state index in [1.54, 1.807) is 29.2 Å². The molecule has 0 spiro atoms. The van der Waals surface area contributed by atoms with Crippen LogP contribution in [0.2, 0.25) is 0 Å². The van der Waals surface area contributed by atoms with Gasteiger partial charge in [0.05, 0.1) is 12.3 Å². The average Bonchev–Trinajstić information content (AvgIpc) is 2.61. The summed E-state index contributed by atoms with van der Waals surface area (Å²) in [7, 11) is 0. The summed E-state index contributed by atoms with van der Waals surface area (Å²) in [4.78, 5) is 0. The van der Waals surface area contributed by atoms with Gasteiger partial charge in [-0.15, -0.1) is 5.10 Å². The van der Waals surface area contributed by atoms with Crippen molar-refractivity contribution in [2.24, 2.45) is 0 Å². The largest absolute Gasteiger partial charge is 0.392 e. The molecule has 0 bridgehead atoms. The molecule has 0 aliphatic rings. The summed E-state index contributed by atoms with van der Waals surface area (Å²) in [6.45, 7) is 1.84. The first kappa shape index (κ1) is 8.83. The highest BCUT2D eigenvalue weighted by Gasteiger charge is 2.05. The number of aryl methyl sites for hydroxylation is 1. The van der Waals surface area contributed by atoms with Crippen molar-refractivity contribution in [1.82, 2.24) is 20.0 Å². The second-order valence-electron chi connectivity index (χ2n) is 2.92. The highest BCUT2D eigenvalue weighted by molar-refractivity contribution is 5.23. The normalized spacial score (nSPS) is 10.4. The van der Waals surface area contributed by atoms with Crippen LogP contribution in [0.1, 0.15) is 11.3 Å². The molecule has 2 rings (SSSR count). The molecule has 0 saturated carbocycles. The Morgan fingerprint density at radius 2 is 2.36 bits per heavy atom. The number of aromatic nitrogens is 4. The Bertz CT molecular complexity index is 424. The van der Waals surface area contributed by atoms with E-state index in [1.165, 1.54) is 0 Å². The molecule has 0 unspecified atom stereocenters. The zero-order valence-electron chi connectivity index (χ0n) is 7.75. The minimum Gasteiger partial charge on any atom is -0.392 e. The number of aliphatic hydroxyl groups excluding tert-OH is 1. The van der Waals surface area contributed by atoms with Crippen molar-refractivity contribution in [3.8, 4) is 5.82 Å². The van der Waals surface area contributed by atoms with Gasteiger partial charge in [-0.05, 0) is 19.1 Å². The maximum absolute atomic E-state index is 8.99. The summed E-state index contributed by atoms with van der Waals surface area (Å²) in [6, 6.07) is 3.60. The van der Waals surface area contributed by atoms with Crippen molar-refractivity contribution in [1.29, 1.82) is 0 Å². The van der Waals surface area contributed by atoms with Crippen LogP contribution in [0.15, 0.2) is 24.5 Å². The summed E-state index contributed by atoms with van der Waals surface area (Å²) >= 11 is 0. The molecule has 0 aliphatic heterocycles. The summed E-state index contributed by atoms with van der Waals surface area (Å²) < 4.78 is 1.61. The van der Waals surface area contributed by atoms with Crippen LogP contribution >= 0.6 is 0 Å². The first-order valence-electron chi connectivity index (χ1n) is 4.25. The lowest BCUT2D eigenvalue weighted by Gasteiger charge is -1.95. The molecule has 0 aliphatic carbocycles. The lowest BCUT2D eigenvalue weighted by Crippen LogP contribution is -1.98. The number of hydrogen-bond acceptors (Lipinski definition) is 4. The molecule has 0 fully saturated rings. The van der Waals surface area contributed by atoms with Gasteiger partial charge in [0.1, 0.15) is 0 Å². The number of hydrogen-bond donors (Lipinski definition) is 1. The van der Waals surface area contributed by atoms with Crippen LogP contribution in [0.3, 0.4) is 0 Å². The fourth-order valence-corrected chi connectivity index (χ4v) is 1.18. The second kappa shape index (κ2) is 3.55. The van der Waals surface area contributed by atoms with Crippen molar-refractivity contribution in [3.05, 3.63) is 35.8 Å². The van der Waals surface area contributed by atoms with Gasteiger partial charge in [0, 0.05) is 18.0 Å². The van der Waals surface area contributed by atoms with Gasteiger partial charge in [-0.3, -0.25) is 0 Å². The van der Waals surface area contributed by atoms with Crippen molar-refractivity contribution >= 4 is 0 Å². The molecule has 5 nitrogen and oxygen atoms in total. The third kappa shape index (κ3) is 1.49. The molecule has 2 aromatic heterocycles. The summed E-state index contributed by atoms with van der Waals surface area (Å²) in [6.07, 6.45) is 3.35. The Kier molecular flexibility index (Phi) is 2.24. The third-order valence-electron chi connectivity index (χ3n) is 1.96. The Morgan fingerprint density at radius 1 is 1.50 bits per heavy atom. The monoisotopic (exact) mass is 190 g/mol. The van der Waals surface area contributed by atoms with Crippen LogP contribution < -0.4 is 0 Å². The minimum absolute atomic E-state index is 0.00784. The van der Waals surface area contributed by atoms with Crippen LogP contribution in [-0.4, -0.2) is 25.1 Å². The first-order chi connectivity index (χ1) is 6.81. The fourth-order valence-electron chi connectivity index (χ4n) is 1.18. The molecule has 1 N–H and O–H groups in total. The Balaban J connectivity index is 2.43. The van der Waals surface area contributed by atoms with Crippen molar-refractivity contribution in [3.63, 3.8) is 0 Å². The van der Waals surface area contributed by atoms with Gasteiger partial charge in [-0.1, -0.05) is 0 Å². The first-order valence-corrected chi connectivity index (χ1v) is 4.25. The predicted molar refractivity (Wildman–Crippen MR) is 49.8 cm³/mol. The molecule has 0 aromatic carbocycles. The fraction of sp³-hybridized carbons (Fsp3) is 0.222. The van der Waals surface area contributed by atoms with E-state index in [1.807, 2.05) is 6.92 Å². The van der Waals surface area contributed by atoms with E-state index in [0.717, 1.165) is 11.3 Å². The van der Waals surface area contributed by atoms with Gasteiger partial charge in [0.2, 0.25) is 0 Å². The number of aliphatic hydroxyl groups is 1. The van der Waals surface area contributed by atoms with Gasteiger partial charge < -0.3 is 5.11 Å². The van der Waals surface area contributed by atoms with Gasteiger partial charge in [-0.2, -0.15) is 10.2 Å². The van der Waals surface area contributed by atoms with E-state index in [-0.39, 0.29) is 6.61 Å². The molecule has 5 heteroatoms. The molecule has 0 atom stereocenters. The van der Waals surface area contributed by atoms with E-state index >= 15 is 0 Å². The Hall–Kier alpha value is -1.75. The molecular formula is C9H10N4O. The molecule has 14 heavy (non-hydrogen) atoms. The molecule has 2 heterocycles. The quantitative estimate of drug-likeness (QED) is 0.747. The molecule has 2 aromatic rings. The van der Waals surface area contributed by atoms with E-state index in [4.69, 9.17) is 5.11 Å². The minimum atomic E-state index is -0.00784. The van der Waals surface area contributed by atoms with Crippen LogP contribution in [0.25, 0.3) is 5.82 Å². The second-order valence-corrected chi connectivity index (χ2v) is 2.92. The number of nitrogens with zero attached hydrogens (tertiary/aromatic N) is 4. The van der Waals surface area contributed by atoms with Gasteiger partial charge in [0.15, 0.2) is 5.82 Å². The maximum atomic E-state index is 8.99. The Labute approximate surface area is 81.0 Å². The molecular weight excluding hydrogens is 180 g/mol. The van der Waals surface area contributed by atoms with Crippen molar-refractivity contribution < 1.29 is 5.11 Å². The topological polar surface area (TPSA) is 63.8 Å². The summed E-state index contributed by atoms with van der Waals surface area (Å²) in [5.74, 6) is 0.648.